The summed E-state index contributed by atoms with van der Waals surface area (Å²) in [5.74, 6) is 0.475. The Kier molecular flexibility index (Phi) is 9.11. The number of hydrogen-bond acceptors (Lipinski definition) is 4. The molecule has 1 saturated carbocycles. The van der Waals surface area contributed by atoms with Gasteiger partial charge in [0, 0.05) is 0 Å². The van der Waals surface area contributed by atoms with Crippen LogP contribution in [0.25, 0.3) is 11.1 Å². The first-order valence-corrected chi connectivity index (χ1v) is 13.1. The van der Waals surface area contributed by atoms with Gasteiger partial charge in [0.15, 0.2) is 5.41 Å². The average molecular weight is 471 g/mol. The van der Waals surface area contributed by atoms with Gasteiger partial charge in [0.05, 0.1) is 17.6 Å². The van der Waals surface area contributed by atoms with E-state index in [0.717, 1.165) is 56.1 Å². The summed E-state index contributed by atoms with van der Waals surface area (Å²) in [7, 11) is 0. The van der Waals surface area contributed by atoms with Crippen LogP contribution < -0.4 is 4.74 Å². The highest BCUT2D eigenvalue weighted by Crippen LogP contribution is 2.45. The molecule has 1 atom stereocenters. The Morgan fingerprint density at radius 1 is 0.971 bits per heavy atom. The summed E-state index contributed by atoms with van der Waals surface area (Å²) in [5, 5.41) is 19.2. The number of nitrogens with zero attached hydrogens (tertiary/aromatic N) is 2. The van der Waals surface area contributed by atoms with E-state index >= 15 is 0 Å². The smallest absolute Gasteiger partial charge is 0.331 e. The molecule has 4 heteroatoms. The normalized spacial score (nSPS) is 21.3. The number of hydrogen-bond donors (Lipinski definition) is 0. The number of rotatable bonds is 10. The maximum atomic E-state index is 12.5. The van der Waals surface area contributed by atoms with E-state index in [4.69, 9.17) is 4.74 Å². The Balaban J connectivity index is 1.60. The molecule has 1 aliphatic rings. The van der Waals surface area contributed by atoms with E-state index in [1.165, 1.54) is 18.4 Å². The molecule has 0 aromatic heterocycles. The highest BCUT2D eigenvalue weighted by molar-refractivity contribution is 5.81. The first kappa shape index (κ1) is 26.5. The van der Waals surface area contributed by atoms with Gasteiger partial charge in [-0.25, -0.2) is 4.79 Å². The van der Waals surface area contributed by atoms with Gasteiger partial charge in [-0.15, -0.1) is 0 Å². The molecule has 2 aromatic rings. The van der Waals surface area contributed by atoms with Gasteiger partial charge in [-0.05, 0) is 80.2 Å². The Bertz CT molecular complexity index is 1050. The zero-order valence-electron chi connectivity index (χ0n) is 21.5. The third-order valence-electron chi connectivity index (χ3n) is 7.67. The van der Waals surface area contributed by atoms with Crippen LogP contribution in [0, 0.1) is 33.5 Å². The van der Waals surface area contributed by atoms with Crippen LogP contribution in [0.15, 0.2) is 48.5 Å². The lowest BCUT2D eigenvalue weighted by molar-refractivity contribution is -0.142. The molecule has 2 aromatic carbocycles. The number of esters is 1. The lowest BCUT2D eigenvalue weighted by Crippen LogP contribution is -2.30. The van der Waals surface area contributed by atoms with Crippen LogP contribution in [0.3, 0.4) is 0 Å². The summed E-state index contributed by atoms with van der Waals surface area (Å²) in [4.78, 5) is 12.5. The van der Waals surface area contributed by atoms with Crippen LogP contribution in [0.2, 0.25) is 0 Å². The van der Waals surface area contributed by atoms with Crippen molar-refractivity contribution in [3.05, 3.63) is 54.1 Å². The molecule has 0 bridgehead atoms. The van der Waals surface area contributed by atoms with Crippen molar-refractivity contribution in [1.82, 2.24) is 0 Å². The number of ether oxygens (including phenoxy) is 1. The largest absolute Gasteiger partial charge is 0.425 e. The lowest BCUT2D eigenvalue weighted by Gasteiger charge is -2.35. The number of carbonyl (C=O) groups is 1. The molecule has 4 nitrogen and oxygen atoms in total. The Morgan fingerprint density at radius 3 is 2.09 bits per heavy atom. The minimum Gasteiger partial charge on any atom is -0.425 e. The van der Waals surface area contributed by atoms with Crippen LogP contribution >= 0.6 is 0 Å². The molecule has 3 rings (SSSR count). The monoisotopic (exact) mass is 470 g/mol. The zero-order valence-corrected chi connectivity index (χ0v) is 21.5. The predicted molar refractivity (Wildman–Crippen MR) is 140 cm³/mol. The molecule has 0 amide bonds. The lowest BCUT2D eigenvalue weighted by atomic mass is 9.67. The molecule has 0 aliphatic heterocycles. The molecule has 184 valence electrons. The van der Waals surface area contributed by atoms with E-state index < -0.39 is 11.4 Å². The van der Waals surface area contributed by atoms with Gasteiger partial charge in [-0.1, -0.05) is 75.9 Å². The SMILES string of the molecule is CCCCCC1(C#N)CCC(c2ccc(-c3ccc(OC(=O)C(C)(C#N)CCC)cc3)cc2)CC1. The summed E-state index contributed by atoms with van der Waals surface area (Å²) < 4.78 is 5.48. The Morgan fingerprint density at radius 2 is 1.57 bits per heavy atom. The predicted octanol–water partition coefficient (Wildman–Crippen LogP) is 8.34. The maximum absolute atomic E-state index is 12.5. The molecule has 35 heavy (non-hydrogen) atoms. The van der Waals surface area contributed by atoms with Crippen LogP contribution in [0.4, 0.5) is 0 Å². The van der Waals surface area contributed by atoms with Gasteiger partial charge < -0.3 is 4.74 Å². The van der Waals surface area contributed by atoms with E-state index in [2.05, 4.69) is 43.3 Å². The van der Waals surface area contributed by atoms with Crippen molar-refractivity contribution < 1.29 is 9.53 Å². The van der Waals surface area contributed by atoms with Crippen LogP contribution in [-0.4, -0.2) is 5.97 Å². The molecule has 0 saturated heterocycles. The highest BCUT2D eigenvalue weighted by Gasteiger charge is 2.36. The van der Waals surface area contributed by atoms with Crippen LogP contribution in [0.5, 0.6) is 5.75 Å². The minimum absolute atomic E-state index is 0.113. The fourth-order valence-corrected chi connectivity index (χ4v) is 5.22. The number of unbranched alkanes of at least 4 members (excludes halogenated alkanes) is 2. The van der Waals surface area contributed by atoms with E-state index in [1.54, 1.807) is 19.1 Å². The van der Waals surface area contributed by atoms with Crippen molar-refractivity contribution in [2.24, 2.45) is 10.8 Å². The fourth-order valence-electron chi connectivity index (χ4n) is 5.22. The third kappa shape index (κ3) is 6.52. The minimum atomic E-state index is -1.12. The molecule has 1 aliphatic carbocycles. The molecule has 0 spiro atoms. The highest BCUT2D eigenvalue weighted by atomic mass is 16.5. The van der Waals surface area contributed by atoms with Crippen molar-refractivity contribution in [2.45, 2.75) is 90.9 Å². The molecule has 1 fully saturated rings. The van der Waals surface area contributed by atoms with Crippen molar-refractivity contribution in [1.29, 1.82) is 10.5 Å². The van der Waals surface area contributed by atoms with Crippen LogP contribution in [-0.2, 0) is 4.79 Å². The average Bonchev–Trinajstić information content (AvgIpc) is 2.90. The summed E-state index contributed by atoms with van der Waals surface area (Å²) >= 11 is 0. The molecule has 0 N–H and O–H groups in total. The molecular formula is C31H38N2O2. The summed E-state index contributed by atoms with van der Waals surface area (Å²) in [6.07, 6.45) is 10.0. The number of nitriles is 2. The molecule has 0 radical (unpaired) electrons. The van der Waals surface area contributed by atoms with Gasteiger partial charge in [-0.2, -0.15) is 10.5 Å². The summed E-state index contributed by atoms with van der Waals surface area (Å²) in [6.45, 7) is 5.79. The zero-order chi connectivity index (χ0) is 25.3. The van der Waals surface area contributed by atoms with Gasteiger partial charge in [0.1, 0.15) is 5.75 Å². The van der Waals surface area contributed by atoms with Crippen molar-refractivity contribution in [3.8, 4) is 29.0 Å². The number of benzene rings is 2. The molecule has 1 unspecified atom stereocenters. The first-order valence-electron chi connectivity index (χ1n) is 13.1. The van der Waals surface area contributed by atoms with E-state index in [0.29, 0.717) is 18.1 Å². The van der Waals surface area contributed by atoms with E-state index in [9.17, 15) is 15.3 Å². The maximum Gasteiger partial charge on any atom is 0.331 e. The summed E-state index contributed by atoms with van der Waals surface area (Å²) in [5.41, 5.74) is 2.28. The van der Waals surface area contributed by atoms with Gasteiger partial charge in [0.25, 0.3) is 0 Å². The topological polar surface area (TPSA) is 73.9 Å². The fraction of sp³-hybridized carbons (Fsp3) is 0.516. The Labute approximate surface area is 210 Å². The first-order chi connectivity index (χ1) is 16.9. The quantitative estimate of drug-likeness (QED) is 0.199. The van der Waals surface area contributed by atoms with Crippen molar-refractivity contribution in [2.75, 3.05) is 0 Å². The Hall–Kier alpha value is -3.11. The second-order valence-corrected chi connectivity index (χ2v) is 10.4. The molecule has 0 heterocycles. The van der Waals surface area contributed by atoms with Gasteiger partial charge >= 0.3 is 5.97 Å². The van der Waals surface area contributed by atoms with E-state index in [-0.39, 0.29) is 5.41 Å². The van der Waals surface area contributed by atoms with Gasteiger partial charge in [-0.3, -0.25) is 0 Å². The number of carbonyl (C=O) groups excluding carboxylic acids is 1. The second-order valence-electron chi connectivity index (χ2n) is 10.4. The van der Waals surface area contributed by atoms with Crippen LogP contribution in [0.1, 0.15) is 96.5 Å². The second kappa shape index (κ2) is 12.0. The molecular weight excluding hydrogens is 432 g/mol. The van der Waals surface area contributed by atoms with Crippen molar-refractivity contribution in [3.63, 3.8) is 0 Å². The summed E-state index contributed by atoms with van der Waals surface area (Å²) in [6, 6.07) is 21.0. The van der Waals surface area contributed by atoms with Gasteiger partial charge in [0.2, 0.25) is 0 Å². The third-order valence-corrected chi connectivity index (χ3v) is 7.67. The van der Waals surface area contributed by atoms with E-state index in [1.807, 2.05) is 19.1 Å². The van der Waals surface area contributed by atoms with Crippen molar-refractivity contribution >= 4 is 5.97 Å². The standard InChI is InChI=1S/C31H38N2O2/c1-4-6-7-19-31(23-33)20-16-27(17-21-31)25-10-8-24(9-11-25)26-12-14-28(15-13-26)35-29(34)30(3,22-32)18-5-2/h8-15,27H,4-7,16-21H2,1-3H3.